The second-order valence-electron chi connectivity index (χ2n) is 5.65. The van der Waals surface area contributed by atoms with Gasteiger partial charge in [-0.2, -0.15) is 5.10 Å². The van der Waals surface area contributed by atoms with Gasteiger partial charge in [-0.05, 0) is 50.5 Å². The van der Waals surface area contributed by atoms with Gasteiger partial charge in [0.2, 0.25) is 0 Å². The van der Waals surface area contributed by atoms with Gasteiger partial charge in [0.05, 0.1) is 5.69 Å². The van der Waals surface area contributed by atoms with Crippen molar-refractivity contribution >= 4 is 0 Å². The zero-order valence-electron chi connectivity index (χ0n) is 13.3. The summed E-state index contributed by atoms with van der Waals surface area (Å²) in [4.78, 5) is 0. The van der Waals surface area contributed by atoms with Crippen molar-refractivity contribution in [1.82, 2.24) is 9.78 Å². The molecule has 2 atom stereocenters. The molecule has 0 saturated carbocycles. The van der Waals surface area contributed by atoms with E-state index in [1.807, 2.05) is 42.9 Å². The van der Waals surface area contributed by atoms with Crippen molar-refractivity contribution in [2.24, 2.45) is 5.73 Å². The third kappa shape index (κ3) is 3.85. The highest BCUT2D eigenvalue weighted by molar-refractivity contribution is 5.37. The Morgan fingerprint density at radius 3 is 2.67 bits per heavy atom. The van der Waals surface area contributed by atoms with E-state index in [0.29, 0.717) is 12.6 Å². The van der Waals surface area contributed by atoms with Gasteiger partial charge in [0.15, 0.2) is 0 Å². The maximum absolute atomic E-state index is 5.89. The van der Waals surface area contributed by atoms with Gasteiger partial charge in [0.25, 0.3) is 0 Å². The number of nitrogens with zero attached hydrogens (tertiary/aromatic N) is 2. The van der Waals surface area contributed by atoms with E-state index in [-0.39, 0.29) is 6.04 Å². The predicted octanol–water partition coefficient (Wildman–Crippen LogP) is 3.76. The summed E-state index contributed by atoms with van der Waals surface area (Å²) in [6.45, 7) is 8.83. The Balaban J connectivity index is 2.01. The van der Waals surface area contributed by atoms with E-state index in [1.54, 1.807) is 0 Å². The molecule has 1 heterocycles. The fourth-order valence-corrected chi connectivity index (χ4v) is 2.16. The van der Waals surface area contributed by atoms with Gasteiger partial charge >= 0.3 is 0 Å². The van der Waals surface area contributed by atoms with Crippen LogP contribution in [-0.2, 0) is 6.61 Å². The first kappa shape index (κ1) is 15.6. The second kappa shape index (κ2) is 6.76. The van der Waals surface area contributed by atoms with Crippen molar-refractivity contribution in [3.63, 3.8) is 0 Å². The lowest BCUT2D eigenvalue weighted by Crippen LogP contribution is -2.07. The minimum absolute atomic E-state index is 0.0454. The van der Waals surface area contributed by atoms with Crippen LogP contribution < -0.4 is 10.5 Å². The molecule has 0 amide bonds. The van der Waals surface area contributed by atoms with Crippen LogP contribution in [0.2, 0.25) is 0 Å². The van der Waals surface area contributed by atoms with Crippen molar-refractivity contribution < 1.29 is 4.74 Å². The standard InChI is InChI=1S/C17H25N3O/c1-5-13(3)20-9-8-16(19-20)11-21-17-7-6-15(14(4)18)10-12(17)2/h6-10,13-14H,5,11,18H2,1-4H3/t13?,14-/m0/s1. The molecule has 2 rings (SSSR count). The van der Waals surface area contributed by atoms with Gasteiger partial charge in [0, 0.05) is 18.3 Å². The first-order valence-electron chi connectivity index (χ1n) is 7.54. The molecule has 0 aliphatic carbocycles. The molecule has 0 saturated heterocycles. The van der Waals surface area contributed by atoms with E-state index in [2.05, 4.69) is 25.0 Å². The van der Waals surface area contributed by atoms with Crippen LogP contribution in [0.4, 0.5) is 0 Å². The normalized spacial score (nSPS) is 14.0. The third-order valence-electron chi connectivity index (χ3n) is 3.81. The molecule has 0 bridgehead atoms. The predicted molar refractivity (Wildman–Crippen MR) is 85.3 cm³/mol. The largest absolute Gasteiger partial charge is 0.487 e. The molecular weight excluding hydrogens is 262 g/mol. The molecule has 2 N–H and O–H groups in total. The molecule has 0 radical (unpaired) electrons. The monoisotopic (exact) mass is 287 g/mol. The Morgan fingerprint density at radius 1 is 1.29 bits per heavy atom. The number of benzene rings is 1. The lowest BCUT2D eigenvalue weighted by Gasteiger charge is -2.12. The van der Waals surface area contributed by atoms with Crippen LogP contribution in [0.25, 0.3) is 0 Å². The SMILES string of the molecule is CCC(C)n1ccc(COc2ccc([C@H](C)N)cc2C)n1. The second-order valence-corrected chi connectivity index (χ2v) is 5.65. The molecule has 1 aromatic heterocycles. The molecule has 2 aromatic rings. The van der Waals surface area contributed by atoms with E-state index in [4.69, 9.17) is 10.5 Å². The summed E-state index contributed by atoms with van der Waals surface area (Å²) < 4.78 is 7.86. The molecule has 114 valence electrons. The van der Waals surface area contributed by atoms with Gasteiger partial charge in [-0.3, -0.25) is 4.68 Å². The van der Waals surface area contributed by atoms with Crippen LogP contribution in [0.3, 0.4) is 0 Å². The molecular formula is C17H25N3O. The van der Waals surface area contributed by atoms with Gasteiger partial charge in [-0.15, -0.1) is 0 Å². The fourth-order valence-electron chi connectivity index (χ4n) is 2.16. The summed E-state index contributed by atoms with van der Waals surface area (Å²) in [6, 6.07) is 8.56. The van der Waals surface area contributed by atoms with Gasteiger partial charge in [-0.25, -0.2) is 0 Å². The number of ether oxygens (including phenoxy) is 1. The summed E-state index contributed by atoms with van der Waals surface area (Å²) in [5.41, 5.74) is 9.07. The van der Waals surface area contributed by atoms with E-state index in [1.165, 1.54) is 0 Å². The van der Waals surface area contributed by atoms with E-state index in [9.17, 15) is 0 Å². The molecule has 0 aliphatic heterocycles. The minimum Gasteiger partial charge on any atom is -0.487 e. The van der Waals surface area contributed by atoms with Crippen LogP contribution >= 0.6 is 0 Å². The molecule has 21 heavy (non-hydrogen) atoms. The third-order valence-corrected chi connectivity index (χ3v) is 3.81. The van der Waals surface area contributed by atoms with Crippen molar-refractivity contribution in [3.05, 3.63) is 47.3 Å². The highest BCUT2D eigenvalue weighted by atomic mass is 16.5. The summed E-state index contributed by atoms with van der Waals surface area (Å²) in [6.07, 6.45) is 3.08. The number of rotatable bonds is 6. The average molecular weight is 287 g/mol. The van der Waals surface area contributed by atoms with Crippen LogP contribution in [0.1, 0.15) is 56.1 Å². The summed E-state index contributed by atoms with van der Waals surface area (Å²) >= 11 is 0. The van der Waals surface area contributed by atoms with Crippen LogP contribution in [0, 0.1) is 6.92 Å². The van der Waals surface area contributed by atoms with E-state index in [0.717, 1.165) is 29.0 Å². The lowest BCUT2D eigenvalue weighted by atomic mass is 10.1. The van der Waals surface area contributed by atoms with E-state index >= 15 is 0 Å². The Bertz CT molecular complexity index is 589. The van der Waals surface area contributed by atoms with Crippen molar-refractivity contribution in [2.45, 2.75) is 52.8 Å². The number of aromatic nitrogens is 2. The molecule has 4 nitrogen and oxygen atoms in total. The molecule has 1 aromatic carbocycles. The number of hydrogen-bond acceptors (Lipinski definition) is 3. The molecule has 0 fully saturated rings. The maximum Gasteiger partial charge on any atom is 0.132 e. The number of hydrogen-bond donors (Lipinski definition) is 1. The Kier molecular flexibility index (Phi) is 5.02. The average Bonchev–Trinajstić information content (AvgIpc) is 2.93. The molecule has 0 spiro atoms. The van der Waals surface area contributed by atoms with Crippen LogP contribution in [-0.4, -0.2) is 9.78 Å². The first-order chi connectivity index (χ1) is 10.0. The summed E-state index contributed by atoms with van der Waals surface area (Å²) in [5.74, 6) is 0.887. The lowest BCUT2D eigenvalue weighted by molar-refractivity contribution is 0.296. The van der Waals surface area contributed by atoms with Gasteiger partial charge < -0.3 is 10.5 Å². The van der Waals surface area contributed by atoms with Crippen molar-refractivity contribution in [3.8, 4) is 5.75 Å². The Hall–Kier alpha value is -1.81. The highest BCUT2D eigenvalue weighted by Gasteiger charge is 2.07. The van der Waals surface area contributed by atoms with Gasteiger partial charge in [0.1, 0.15) is 12.4 Å². The summed E-state index contributed by atoms with van der Waals surface area (Å²) in [5, 5.41) is 4.54. The molecule has 1 unspecified atom stereocenters. The summed E-state index contributed by atoms with van der Waals surface area (Å²) in [7, 11) is 0. The zero-order chi connectivity index (χ0) is 15.4. The van der Waals surface area contributed by atoms with Gasteiger partial charge in [-0.1, -0.05) is 19.1 Å². The smallest absolute Gasteiger partial charge is 0.132 e. The minimum atomic E-state index is 0.0454. The van der Waals surface area contributed by atoms with Crippen LogP contribution in [0.15, 0.2) is 30.5 Å². The van der Waals surface area contributed by atoms with E-state index < -0.39 is 0 Å². The quantitative estimate of drug-likeness (QED) is 0.880. The molecule has 0 aliphatic rings. The number of nitrogens with two attached hydrogens (primary N) is 1. The fraction of sp³-hybridized carbons (Fsp3) is 0.471. The zero-order valence-corrected chi connectivity index (χ0v) is 13.3. The molecule has 4 heteroatoms. The highest BCUT2D eigenvalue weighted by Crippen LogP contribution is 2.22. The topological polar surface area (TPSA) is 53.1 Å². The maximum atomic E-state index is 5.89. The van der Waals surface area contributed by atoms with Crippen molar-refractivity contribution in [1.29, 1.82) is 0 Å². The first-order valence-corrected chi connectivity index (χ1v) is 7.54. The number of aryl methyl sites for hydroxylation is 1. The van der Waals surface area contributed by atoms with Crippen molar-refractivity contribution in [2.75, 3.05) is 0 Å². The Morgan fingerprint density at radius 2 is 2.05 bits per heavy atom. The van der Waals surface area contributed by atoms with Crippen LogP contribution in [0.5, 0.6) is 5.75 Å². The Labute approximate surface area is 126 Å².